The summed E-state index contributed by atoms with van der Waals surface area (Å²) in [5, 5.41) is 7.17. The van der Waals surface area contributed by atoms with E-state index in [1.165, 1.54) is 18.6 Å². The number of hydrogen-bond donors (Lipinski definition) is 1. The van der Waals surface area contributed by atoms with Crippen LogP contribution in [0.2, 0.25) is 0 Å². The Bertz CT molecular complexity index is 701. The van der Waals surface area contributed by atoms with Crippen molar-refractivity contribution in [2.75, 3.05) is 19.8 Å². The van der Waals surface area contributed by atoms with Crippen LogP contribution in [0.3, 0.4) is 0 Å². The number of amides is 1. The number of nitrogens with one attached hydrogen (secondary N) is 1. The minimum Gasteiger partial charge on any atom is -0.336 e. The monoisotopic (exact) mass is 316 g/mol. The second-order valence-corrected chi connectivity index (χ2v) is 6.17. The first kappa shape index (κ1) is 14.2. The lowest BCUT2D eigenvalue weighted by molar-refractivity contribution is 0.0778. The van der Waals surface area contributed by atoms with Crippen molar-refractivity contribution in [1.82, 2.24) is 30.0 Å². The number of H-pyrrole nitrogens is 1. The van der Waals surface area contributed by atoms with Gasteiger partial charge in [-0.1, -0.05) is 0 Å². The van der Waals surface area contributed by atoms with E-state index in [9.17, 15) is 9.18 Å². The molecule has 1 amide bonds. The topological polar surface area (TPSA) is 87.7 Å². The Kier molecular flexibility index (Phi) is 3.51. The number of likely N-dealkylation sites (tertiary alicyclic amines) is 1. The summed E-state index contributed by atoms with van der Waals surface area (Å²) in [6, 6.07) is 0. The predicted octanol–water partition coefficient (Wildman–Crippen LogP) is 1.30. The molecule has 0 radical (unpaired) electrons. The Morgan fingerprint density at radius 3 is 2.91 bits per heavy atom. The van der Waals surface area contributed by atoms with Crippen molar-refractivity contribution in [3.8, 4) is 0 Å². The molecule has 1 saturated heterocycles. The van der Waals surface area contributed by atoms with Gasteiger partial charge in [0.15, 0.2) is 5.82 Å². The number of hydrogen-bond acceptors (Lipinski definition) is 5. The Morgan fingerprint density at radius 2 is 2.22 bits per heavy atom. The highest BCUT2D eigenvalue weighted by Gasteiger charge is 2.39. The number of rotatable bonds is 4. The molecule has 1 saturated carbocycles. The van der Waals surface area contributed by atoms with Crippen LogP contribution < -0.4 is 0 Å². The summed E-state index contributed by atoms with van der Waals surface area (Å²) in [6.07, 6.45) is 6.66. The standard InChI is InChI=1S/C15H17FN6O/c16-5-10-7-22(15(23)12-6-17-3-4-18-12)8-11(10)14-19-13(20-21-14)9-1-2-9/h3-4,6,9-11H,1-2,5,7-8H2,(H,19,20,21)/t10-,11-/m1/s1. The van der Waals surface area contributed by atoms with E-state index >= 15 is 0 Å². The van der Waals surface area contributed by atoms with Crippen LogP contribution in [0.1, 0.15) is 46.8 Å². The van der Waals surface area contributed by atoms with Gasteiger partial charge >= 0.3 is 0 Å². The molecule has 2 aromatic heterocycles. The smallest absolute Gasteiger partial charge is 0.274 e. The van der Waals surface area contributed by atoms with Gasteiger partial charge in [-0.05, 0) is 12.8 Å². The minimum absolute atomic E-state index is 0.152. The normalized spacial score (nSPS) is 24.1. The lowest BCUT2D eigenvalue weighted by Crippen LogP contribution is -2.30. The summed E-state index contributed by atoms with van der Waals surface area (Å²) in [4.78, 5) is 26.5. The number of nitrogens with zero attached hydrogens (tertiary/aromatic N) is 5. The molecule has 1 aliphatic heterocycles. The first-order valence-corrected chi connectivity index (χ1v) is 7.79. The highest BCUT2D eigenvalue weighted by Crippen LogP contribution is 2.39. The molecule has 0 spiro atoms. The maximum atomic E-state index is 13.4. The fourth-order valence-electron chi connectivity index (χ4n) is 3.05. The highest BCUT2D eigenvalue weighted by molar-refractivity contribution is 5.92. The highest BCUT2D eigenvalue weighted by atomic mass is 19.1. The largest absolute Gasteiger partial charge is 0.336 e. The molecule has 3 heterocycles. The molecule has 1 aliphatic carbocycles. The van der Waals surface area contributed by atoms with E-state index in [0.29, 0.717) is 24.8 Å². The molecule has 2 atom stereocenters. The van der Waals surface area contributed by atoms with Crippen molar-refractivity contribution in [3.05, 3.63) is 35.9 Å². The molecule has 120 valence electrons. The van der Waals surface area contributed by atoms with Gasteiger partial charge in [0, 0.05) is 43.2 Å². The van der Waals surface area contributed by atoms with Gasteiger partial charge in [-0.25, -0.2) is 9.97 Å². The molecule has 1 N–H and O–H groups in total. The zero-order valence-electron chi connectivity index (χ0n) is 12.5. The van der Waals surface area contributed by atoms with Gasteiger partial charge in [0.05, 0.1) is 12.9 Å². The molecule has 8 heteroatoms. The number of halogens is 1. The van der Waals surface area contributed by atoms with Crippen molar-refractivity contribution < 1.29 is 9.18 Å². The third-order valence-electron chi connectivity index (χ3n) is 4.52. The van der Waals surface area contributed by atoms with E-state index in [-0.39, 0.29) is 23.4 Å². The number of carbonyl (C=O) groups excluding carboxylic acids is 1. The van der Waals surface area contributed by atoms with E-state index in [1.807, 2.05) is 0 Å². The van der Waals surface area contributed by atoms with Crippen LogP contribution in [0.5, 0.6) is 0 Å². The van der Waals surface area contributed by atoms with Crippen LogP contribution in [0.25, 0.3) is 0 Å². The first-order chi connectivity index (χ1) is 11.3. The van der Waals surface area contributed by atoms with E-state index in [0.717, 1.165) is 18.7 Å². The van der Waals surface area contributed by atoms with Crippen LogP contribution in [0.4, 0.5) is 4.39 Å². The van der Waals surface area contributed by atoms with Gasteiger partial charge in [-0.2, -0.15) is 5.10 Å². The third kappa shape index (κ3) is 2.69. The maximum Gasteiger partial charge on any atom is 0.274 e. The lowest BCUT2D eigenvalue weighted by atomic mass is 9.97. The second-order valence-electron chi connectivity index (χ2n) is 6.17. The Hall–Kier alpha value is -2.38. The molecule has 2 aromatic rings. The lowest BCUT2D eigenvalue weighted by Gasteiger charge is -2.14. The van der Waals surface area contributed by atoms with Crippen LogP contribution >= 0.6 is 0 Å². The second kappa shape index (κ2) is 5.68. The molecule has 23 heavy (non-hydrogen) atoms. The number of carbonyl (C=O) groups is 1. The third-order valence-corrected chi connectivity index (χ3v) is 4.52. The van der Waals surface area contributed by atoms with Gasteiger partial charge in [-0.15, -0.1) is 0 Å². The van der Waals surface area contributed by atoms with Gasteiger partial charge in [0.25, 0.3) is 5.91 Å². The Morgan fingerprint density at radius 1 is 1.35 bits per heavy atom. The van der Waals surface area contributed by atoms with Crippen molar-refractivity contribution in [3.63, 3.8) is 0 Å². The van der Waals surface area contributed by atoms with E-state index in [2.05, 4.69) is 25.1 Å². The Labute approximate surface area is 132 Å². The fourth-order valence-corrected chi connectivity index (χ4v) is 3.05. The summed E-state index contributed by atoms with van der Waals surface area (Å²) in [5.74, 6) is 1.31. The van der Waals surface area contributed by atoms with E-state index < -0.39 is 6.67 Å². The van der Waals surface area contributed by atoms with Crippen molar-refractivity contribution in [2.24, 2.45) is 5.92 Å². The van der Waals surface area contributed by atoms with Gasteiger partial charge < -0.3 is 4.90 Å². The molecule has 0 bridgehead atoms. The fraction of sp³-hybridized carbons (Fsp3) is 0.533. The number of alkyl halides is 1. The number of aromatic amines is 1. The average Bonchev–Trinajstić information content (AvgIpc) is 3.17. The summed E-state index contributed by atoms with van der Waals surface area (Å²) >= 11 is 0. The molecule has 4 rings (SSSR count). The molecule has 2 aliphatic rings. The predicted molar refractivity (Wildman–Crippen MR) is 78.5 cm³/mol. The molecule has 7 nitrogen and oxygen atoms in total. The zero-order valence-corrected chi connectivity index (χ0v) is 12.5. The molecule has 0 aromatic carbocycles. The van der Waals surface area contributed by atoms with E-state index in [1.54, 1.807) is 4.90 Å². The molecule has 2 fully saturated rings. The maximum absolute atomic E-state index is 13.4. The van der Waals surface area contributed by atoms with Gasteiger partial charge in [-0.3, -0.25) is 19.3 Å². The van der Waals surface area contributed by atoms with Crippen LogP contribution in [-0.4, -0.2) is 55.7 Å². The van der Waals surface area contributed by atoms with Gasteiger partial charge in [0.2, 0.25) is 0 Å². The van der Waals surface area contributed by atoms with Crippen LogP contribution in [0.15, 0.2) is 18.6 Å². The molecular weight excluding hydrogens is 299 g/mol. The van der Waals surface area contributed by atoms with Gasteiger partial charge in [0.1, 0.15) is 11.5 Å². The summed E-state index contributed by atoms with van der Waals surface area (Å²) in [5.41, 5.74) is 0.280. The van der Waals surface area contributed by atoms with Crippen molar-refractivity contribution in [1.29, 1.82) is 0 Å². The van der Waals surface area contributed by atoms with E-state index in [4.69, 9.17) is 0 Å². The van der Waals surface area contributed by atoms with Crippen molar-refractivity contribution >= 4 is 5.91 Å². The summed E-state index contributed by atoms with van der Waals surface area (Å²) < 4.78 is 13.4. The van der Waals surface area contributed by atoms with Crippen LogP contribution in [-0.2, 0) is 0 Å². The minimum atomic E-state index is -0.492. The quantitative estimate of drug-likeness (QED) is 0.918. The zero-order chi connectivity index (χ0) is 15.8. The van der Waals surface area contributed by atoms with Crippen LogP contribution in [0, 0.1) is 5.92 Å². The Balaban J connectivity index is 1.53. The summed E-state index contributed by atoms with van der Waals surface area (Å²) in [7, 11) is 0. The molecule has 0 unspecified atom stereocenters. The molecular formula is C15H17FN6O. The van der Waals surface area contributed by atoms with Crippen molar-refractivity contribution in [2.45, 2.75) is 24.7 Å². The summed E-state index contributed by atoms with van der Waals surface area (Å²) in [6.45, 7) is 0.285. The number of aromatic nitrogens is 5. The SMILES string of the molecule is O=C(c1cnccn1)N1C[C@@H](CF)[C@H](c2nc(C3CC3)n[nH]2)C1. The average molecular weight is 316 g/mol. The first-order valence-electron chi connectivity index (χ1n) is 7.79.